The second-order valence-electron chi connectivity index (χ2n) is 8.18. The molecule has 0 radical (unpaired) electrons. The average molecular weight is 436 g/mol. The summed E-state index contributed by atoms with van der Waals surface area (Å²) in [7, 11) is 0. The zero-order valence-electron chi connectivity index (χ0n) is 18.2. The van der Waals surface area contributed by atoms with Gasteiger partial charge in [-0.1, -0.05) is 31.4 Å². The highest BCUT2D eigenvalue weighted by Gasteiger charge is 2.26. The van der Waals surface area contributed by atoms with Gasteiger partial charge in [0.05, 0.1) is 6.10 Å². The number of aliphatic imine (C=N–C) groups is 1. The number of nitrogens with zero attached hydrogens (tertiary/aromatic N) is 2. The summed E-state index contributed by atoms with van der Waals surface area (Å²) in [5.74, 6) is 0.191. The van der Waals surface area contributed by atoms with Crippen molar-refractivity contribution in [3.05, 3.63) is 65.5 Å². The standard InChI is InChI=1S/C25H29N3O4/c29-23(20-6-4-13-26-16-20)18-9-11-19(12-10-18)25-28-22(17-32-25)24(30)27-14-5-15-31-21-7-2-1-3-8-21/h4,6,9-13,16,21-22H,1-3,5,7-8,14-15,17H2,(H,27,30)/t22-/m0/s1. The van der Waals surface area contributed by atoms with E-state index in [1.165, 1.54) is 19.3 Å². The summed E-state index contributed by atoms with van der Waals surface area (Å²) < 4.78 is 11.5. The number of carbonyl (C=O) groups excluding carboxylic acids is 2. The molecule has 1 amide bonds. The molecule has 1 aliphatic heterocycles. The second kappa shape index (κ2) is 11.0. The van der Waals surface area contributed by atoms with Gasteiger partial charge in [-0.15, -0.1) is 0 Å². The first-order valence-corrected chi connectivity index (χ1v) is 11.4. The van der Waals surface area contributed by atoms with Gasteiger partial charge in [0.2, 0.25) is 11.8 Å². The van der Waals surface area contributed by atoms with Crippen LogP contribution in [-0.2, 0) is 14.3 Å². The Hall–Kier alpha value is -3.06. The molecule has 2 aromatic rings. The fourth-order valence-electron chi connectivity index (χ4n) is 3.98. The van der Waals surface area contributed by atoms with Crippen LogP contribution < -0.4 is 5.32 Å². The molecule has 4 rings (SSSR count). The lowest BCUT2D eigenvalue weighted by molar-refractivity contribution is -0.122. The molecular formula is C25H29N3O4. The van der Waals surface area contributed by atoms with Crippen LogP contribution >= 0.6 is 0 Å². The maximum absolute atomic E-state index is 12.5. The predicted octanol–water partition coefficient (Wildman–Crippen LogP) is 3.31. The minimum absolute atomic E-state index is 0.0938. The number of nitrogens with one attached hydrogen (secondary N) is 1. The third-order valence-electron chi connectivity index (χ3n) is 5.80. The Morgan fingerprint density at radius 1 is 1.06 bits per heavy atom. The van der Waals surface area contributed by atoms with Crippen molar-refractivity contribution < 1.29 is 19.1 Å². The van der Waals surface area contributed by atoms with Crippen molar-refractivity contribution in [1.29, 1.82) is 0 Å². The zero-order chi connectivity index (χ0) is 22.2. The van der Waals surface area contributed by atoms with E-state index in [0.717, 1.165) is 24.8 Å². The molecule has 0 saturated heterocycles. The molecule has 0 spiro atoms. The number of pyridine rings is 1. The lowest BCUT2D eigenvalue weighted by Crippen LogP contribution is -2.35. The van der Waals surface area contributed by atoms with Gasteiger partial charge >= 0.3 is 0 Å². The van der Waals surface area contributed by atoms with Crippen molar-refractivity contribution in [2.75, 3.05) is 19.8 Å². The summed E-state index contributed by atoms with van der Waals surface area (Å²) in [5.41, 5.74) is 1.84. The van der Waals surface area contributed by atoms with Crippen molar-refractivity contribution in [1.82, 2.24) is 10.3 Å². The number of hydrogen-bond acceptors (Lipinski definition) is 6. The molecule has 1 atom stereocenters. The molecule has 2 aliphatic rings. The maximum atomic E-state index is 12.5. The summed E-state index contributed by atoms with van der Waals surface area (Å²) in [6, 6.07) is 9.94. The summed E-state index contributed by atoms with van der Waals surface area (Å²) in [6.07, 6.45) is 10.5. The predicted molar refractivity (Wildman–Crippen MR) is 121 cm³/mol. The SMILES string of the molecule is O=C(c1ccc(C2=N[C@H](C(=O)NCCCOC3CCCCC3)CO2)cc1)c1cccnc1. The highest BCUT2D eigenvalue weighted by Crippen LogP contribution is 2.20. The Morgan fingerprint density at radius 2 is 1.88 bits per heavy atom. The monoisotopic (exact) mass is 435 g/mol. The van der Waals surface area contributed by atoms with Crippen LogP contribution in [0, 0.1) is 0 Å². The number of hydrogen-bond donors (Lipinski definition) is 1. The highest BCUT2D eigenvalue weighted by molar-refractivity contribution is 6.09. The number of ether oxygens (including phenoxy) is 2. The Kier molecular flexibility index (Phi) is 7.61. The fraction of sp³-hybridized carbons (Fsp3) is 0.440. The van der Waals surface area contributed by atoms with Gasteiger partial charge in [0.15, 0.2) is 11.8 Å². The Bertz CT molecular complexity index is 937. The zero-order valence-corrected chi connectivity index (χ0v) is 18.2. The van der Waals surface area contributed by atoms with Gasteiger partial charge in [-0.3, -0.25) is 14.6 Å². The number of rotatable bonds is 9. The summed E-state index contributed by atoms with van der Waals surface area (Å²) in [6.45, 7) is 1.46. The molecule has 7 heteroatoms. The molecule has 1 fully saturated rings. The molecule has 1 N–H and O–H groups in total. The van der Waals surface area contributed by atoms with E-state index >= 15 is 0 Å². The van der Waals surface area contributed by atoms with Gasteiger partial charge in [-0.05, 0) is 43.5 Å². The van der Waals surface area contributed by atoms with Crippen LogP contribution in [0.5, 0.6) is 0 Å². The highest BCUT2D eigenvalue weighted by atomic mass is 16.5. The summed E-state index contributed by atoms with van der Waals surface area (Å²) in [5, 5.41) is 2.92. The van der Waals surface area contributed by atoms with E-state index in [1.54, 1.807) is 48.8 Å². The van der Waals surface area contributed by atoms with Gasteiger partial charge in [0, 0.05) is 42.2 Å². The quantitative estimate of drug-likeness (QED) is 0.482. The molecule has 168 valence electrons. The van der Waals surface area contributed by atoms with Gasteiger partial charge < -0.3 is 14.8 Å². The average Bonchev–Trinajstić information content (AvgIpc) is 3.35. The van der Waals surface area contributed by atoms with Crippen LogP contribution in [0.3, 0.4) is 0 Å². The molecule has 1 saturated carbocycles. The molecule has 7 nitrogen and oxygen atoms in total. The third kappa shape index (κ3) is 5.79. The van der Waals surface area contributed by atoms with E-state index < -0.39 is 6.04 Å². The first-order chi connectivity index (χ1) is 15.7. The molecule has 1 aliphatic carbocycles. The van der Waals surface area contributed by atoms with Crippen LogP contribution in [0.2, 0.25) is 0 Å². The number of ketones is 1. The largest absolute Gasteiger partial charge is 0.475 e. The van der Waals surface area contributed by atoms with E-state index in [0.29, 0.717) is 36.3 Å². The van der Waals surface area contributed by atoms with Crippen molar-refractivity contribution >= 4 is 17.6 Å². The molecule has 1 aromatic heterocycles. The lowest BCUT2D eigenvalue weighted by atomic mass is 9.98. The first kappa shape index (κ1) is 22.1. The Labute approximate surface area is 188 Å². The summed E-state index contributed by atoms with van der Waals surface area (Å²) in [4.78, 5) is 33.3. The molecular weight excluding hydrogens is 406 g/mol. The van der Waals surface area contributed by atoms with Crippen molar-refractivity contribution in [3.8, 4) is 0 Å². The van der Waals surface area contributed by atoms with E-state index in [4.69, 9.17) is 9.47 Å². The van der Waals surface area contributed by atoms with Crippen LogP contribution in [0.25, 0.3) is 0 Å². The van der Waals surface area contributed by atoms with E-state index in [-0.39, 0.29) is 18.3 Å². The van der Waals surface area contributed by atoms with E-state index in [9.17, 15) is 9.59 Å². The van der Waals surface area contributed by atoms with Crippen LogP contribution in [0.15, 0.2) is 53.8 Å². The third-order valence-corrected chi connectivity index (χ3v) is 5.80. The number of aromatic nitrogens is 1. The normalized spacial score (nSPS) is 18.6. The smallest absolute Gasteiger partial charge is 0.248 e. The van der Waals surface area contributed by atoms with Crippen LogP contribution in [0.4, 0.5) is 0 Å². The molecule has 0 unspecified atom stereocenters. The number of benzene rings is 1. The van der Waals surface area contributed by atoms with Gasteiger partial charge in [-0.2, -0.15) is 0 Å². The lowest BCUT2D eigenvalue weighted by Gasteiger charge is -2.21. The minimum Gasteiger partial charge on any atom is -0.475 e. The molecule has 1 aromatic carbocycles. The first-order valence-electron chi connectivity index (χ1n) is 11.4. The summed E-state index contributed by atoms with van der Waals surface area (Å²) >= 11 is 0. The number of carbonyl (C=O) groups is 2. The van der Waals surface area contributed by atoms with Crippen LogP contribution in [0.1, 0.15) is 60.0 Å². The van der Waals surface area contributed by atoms with Crippen molar-refractivity contribution in [2.45, 2.75) is 50.7 Å². The minimum atomic E-state index is -0.555. The fourth-order valence-corrected chi connectivity index (χ4v) is 3.98. The second-order valence-corrected chi connectivity index (χ2v) is 8.18. The van der Waals surface area contributed by atoms with Crippen molar-refractivity contribution in [2.24, 2.45) is 4.99 Å². The number of amides is 1. The Morgan fingerprint density at radius 3 is 2.62 bits per heavy atom. The van der Waals surface area contributed by atoms with E-state index in [2.05, 4.69) is 15.3 Å². The van der Waals surface area contributed by atoms with Crippen LogP contribution in [-0.4, -0.2) is 54.5 Å². The van der Waals surface area contributed by atoms with Gasteiger partial charge in [0.25, 0.3) is 0 Å². The molecule has 2 heterocycles. The van der Waals surface area contributed by atoms with Crippen molar-refractivity contribution in [3.63, 3.8) is 0 Å². The topological polar surface area (TPSA) is 89.9 Å². The Balaban J connectivity index is 1.23. The molecule has 32 heavy (non-hydrogen) atoms. The van der Waals surface area contributed by atoms with E-state index in [1.807, 2.05) is 0 Å². The van der Waals surface area contributed by atoms with Gasteiger partial charge in [0.1, 0.15) is 6.61 Å². The van der Waals surface area contributed by atoms with Gasteiger partial charge in [-0.25, -0.2) is 4.99 Å². The molecule has 0 bridgehead atoms. The maximum Gasteiger partial charge on any atom is 0.248 e.